The van der Waals surface area contributed by atoms with Crippen LogP contribution in [-0.4, -0.2) is 28.5 Å². The van der Waals surface area contributed by atoms with E-state index in [2.05, 4.69) is 21.2 Å². The van der Waals surface area contributed by atoms with E-state index in [0.29, 0.717) is 28.5 Å². The van der Waals surface area contributed by atoms with Crippen LogP contribution in [0.4, 0.5) is 24.0 Å². The van der Waals surface area contributed by atoms with Crippen LogP contribution < -0.4 is 10.2 Å². The van der Waals surface area contributed by atoms with Crippen molar-refractivity contribution in [2.75, 3.05) is 11.4 Å². The number of alkyl halides is 3. The van der Waals surface area contributed by atoms with Gasteiger partial charge in [-0.25, -0.2) is 4.98 Å². The van der Waals surface area contributed by atoms with Crippen LogP contribution in [0.15, 0.2) is 82.6 Å². The number of carboxylic acid groups (broad SMARTS) is 1. The minimum atomic E-state index is -4.40. The SMILES string of the molecule is O=C(O)CCNC(=O)c1ccc(CN(c2ccc(Br)cc2)c2nc(-c3ccc(C(F)(F)F)cc3)cs2)cc1. The lowest BCUT2D eigenvalue weighted by Gasteiger charge is -2.22. The summed E-state index contributed by atoms with van der Waals surface area (Å²) in [6, 6.07) is 19.5. The van der Waals surface area contributed by atoms with Gasteiger partial charge in [0.15, 0.2) is 5.13 Å². The summed E-state index contributed by atoms with van der Waals surface area (Å²) in [5.41, 5.74) is 2.59. The zero-order valence-corrected chi connectivity index (χ0v) is 22.1. The molecule has 1 aromatic heterocycles. The summed E-state index contributed by atoms with van der Waals surface area (Å²) < 4.78 is 39.7. The average molecular weight is 604 g/mol. The molecule has 4 rings (SSSR count). The molecular weight excluding hydrogens is 583 g/mol. The summed E-state index contributed by atoms with van der Waals surface area (Å²) in [6.07, 6.45) is -4.56. The predicted octanol–water partition coefficient (Wildman–Crippen LogP) is 7.13. The molecule has 0 saturated heterocycles. The lowest BCUT2D eigenvalue weighted by Crippen LogP contribution is -2.26. The molecule has 0 saturated carbocycles. The van der Waals surface area contributed by atoms with Crippen molar-refractivity contribution in [1.82, 2.24) is 10.3 Å². The summed E-state index contributed by atoms with van der Waals surface area (Å²) >= 11 is 4.81. The summed E-state index contributed by atoms with van der Waals surface area (Å²) in [5.74, 6) is -1.35. The highest BCUT2D eigenvalue weighted by Crippen LogP contribution is 2.35. The monoisotopic (exact) mass is 603 g/mol. The number of amides is 1. The Morgan fingerprint density at radius 3 is 2.24 bits per heavy atom. The second kappa shape index (κ2) is 11.8. The number of nitrogens with zero attached hydrogens (tertiary/aromatic N) is 2. The number of hydrogen-bond donors (Lipinski definition) is 2. The molecule has 0 atom stereocenters. The van der Waals surface area contributed by atoms with Crippen LogP contribution in [0.25, 0.3) is 11.3 Å². The number of halogens is 4. The van der Waals surface area contributed by atoms with Gasteiger partial charge in [-0.15, -0.1) is 11.3 Å². The lowest BCUT2D eigenvalue weighted by atomic mass is 10.1. The Hall–Kier alpha value is -3.70. The fourth-order valence-electron chi connectivity index (χ4n) is 3.57. The Balaban J connectivity index is 1.56. The standard InChI is InChI=1S/C27H21BrF3N3O3S/c28-21-9-11-22(12-10-21)34(15-17-1-3-19(4-2-17)25(37)32-14-13-24(35)36)26-33-23(16-38-26)18-5-7-20(8-6-18)27(29,30)31/h1-12,16H,13-15H2,(H,32,37)(H,35,36). The number of nitrogens with one attached hydrogen (secondary N) is 1. The van der Waals surface area contributed by atoms with E-state index >= 15 is 0 Å². The quantitative estimate of drug-likeness (QED) is 0.212. The van der Waals surface area contributed by atoms with E-state index < -0.39 is 17.7 Å². The molecule has 3 aromatic carbocycles. The fourth-order valence-corrected chi connectivity index (χ4v) is 4.69. The van der Waals surface area contributed by atoms with Gasteiger partial charge < -0.3 is 15.3 Å². The van der Waals surface area contributed by atoms with E-state index in [4.69, 9.17) is 10.1 Å². The summed E-state index contributed by atoms with van der Waals surface area (Å²) in [4.78, 5) is 29.6. The molecular formula is C27H21BrF3N3O3S. The second-order valence-electron chi connectivity index (χ2n) is 8.25. The van der Waals surface area contributed by atoms with Gasteiger partial charge in [0.25, 0.3) is 5.91 Å². The fraction of sp³-hybridized carbons (Fsp3) is 0.148. The van der Waals surface area contributed by atoms with E-state index in [1.165, 1.54) is 23.5 Å². The van der Waals surface area contributed by atoms with Gasteiger partial charge in [-0.3, -0.25) is 9.59 Å². The molecule has 0 aliphatic carbocycles. The zero-order valence-electron chi connectivity index (χ0n) is 19.7. The van der Waals surface area contributed by atoms with E-state index in [1.807, 2.05) is 41.3 Å². The van der Waals surface area contributed by atoms with Crippen LogP contribution in [0.5, 0.6) is 0 Å². The normalized spacial score (nSPS) is 11.3. The van der Waals surface area contributed by atoms with E-state index in [0.717, 1.165) is 27.9 Å². The van der Waals surface area contributed by atoms with Gasteiger partial charge in [0.05, 0.1) is 24.2 Å². The Morgan fingerprint density at radius 2 is 1.63 bits per heavy atom. The first-order valence-electron chi connectivity index (χ1n) is 11.4. The molecule has 0 fully saturated rings. The topological polar surface area (TPSA) is 82.5 Å². The van der Waals surface area contributed by atoms with Crippen molar-refractivity contribution in [2.24, 2.45) is 0 Å². The Bertz CT molecular complexity index is 1410. The molecule has 11 heteroatoms. The number of hydrogen-bond acceptors (Lipinski definition) is 5. The van der Waals surface area contributed by atoms with Crippen molar-refractivity contribution in [1.29, 1.82) is 0 Å². The number of aliphatic carboxylic acids is 1. The molecule has 196 valence electrons. The minimum absolute atomic E-state index is 0.0403. The molecule has 0 radical (unpaired) electrons. The van der Waals surface area contributed by atoms with Crippen LogP contribution in [0, 0.1) is 0 Å². The van der Waals surface area contributed by atoms with E-state index in [-0.39, 0.29) is 18.9 Å². The summed E-state index contributed by atoms with van der Waals surface area (Å²) in [7, 11) is 0. The molecule has 38 heavy (non-hydrogen) atoms. The molecule has 0 aliphatic heterocycles. The number of benzene rings is 3. The highest BCUT2D eigenvalue weighted by atomic mass is 79.9. The van der Waals surface area contributed by atoms with Crippen molar-refractivity contribution in [3.05, 3.63) is 99.3 Å². The number of carboxylic acids is 1. The predicted molar refractivity (Wildman–Crippen MR) is 144 cm³/mol. The van der Waals surface area contributed by atoms with Gasteiger partial charge in [0, 0.05) is 33.2 Å². The van der Waals surface area contributed by atoms with Crippen LogP contribution >= 0.6 is 27.3 Å². The first-order chi connectivity index (χ1) is 18.1. The molecule has 0 aliphatic rings. The second-order valence-corrected chi connectivity index (χ2v) is 10.0. The van der Waals surface area contributed by atoms with Crippen molar-refractivity contribution in [3.63, 3.8) is 0 Å². The summed E-state index contributed by atoms with van der Waals surface area (Å²) in [5, 5.41) is 13.7. The third-order valence-electron chi connectivity index (χ3n) is 5.55. The molecule has 1 heterocycles. The lowest BCUT2D eigenvalue weighted by molar-refractivity contribution is -0.138. The van der Waals surface area contributed by atoms with Crippen LogP contribution in [0.3, 0.4) is 0 Å². The van der Waals surface area contributed by atoms with Gasteiger partial charge in [-0.1, -0.05) is 40.2 Å². The number of thiazole rings is 1. The first-order valence-corrected chi connectivity index (χ1v) is 13.0. The molecule has 6 nitrogen and oxygen atoms in total. The molecule has 0 spiro atoms. The van der Waals surface area contributed by atoms with Crippen LogP contribution in [0.1, 0.15) is 27.9 Å². The van der Waals surface area contributed by atoms with Crippen molar-refractivity contribution in [3.8, 4) is 11.3 Å². The van der Waals surface area contributed by atoms with Crippen LogP contribution in [-0.2, 0) is 17.5 Å². The number of carbonyl (C=O) groups is 2. The number of rotatable bonds is 9. The smallest absolute Gasteiger partial charge is 0.416 e. The maximum atomic E-state index is 12.9. The first kappa shape index (κ1) is 27.3. The molecule has 1 amide bonds. The largest absolute Gasteiger partial charge is 0.481 e. The summed E-state index contributed by atoms with van der Waals surface area (Å²) in [6.45, 7) is 0.459. The molecule has 2 N–H and O–H groups in total. The third-order valence-corrected chi connectivity index (χ3v) is 6.94. The maximum absolute atomic E-state index is 12.9. The van der Waals surface area contributed by atoms with Gasteiger partial charge in [-0.2, -0.15) is 13.2 Å². The van der Waals surface area contributed by atoms with Gasteiger partial charge in [-0.05, 0) is 54.1 Å². The van der Waals surface area contributed by atoms with Gasteiger partial charge in [0.1, 0.15) is 0 Å². The Kier molecular flexibility index (Phi) is 8.48. The van der Waals surface area contributed by atoms with E-state index in [9.17, 15) is 22.8 Å². The highest BCUT2D eigenvalue weighted by Gasteiger charge is 2.30. The van der Waals surface area contributed by atoms with Crippen molar-refractivity contribution < 1.29 is 27.9 Å². The van der Waals surface area contributed by atoms with E-state index in [1.54, 1.807) is 17.5 Å². The van der Waals surface area contributed by atoms with Gasteiger partial charge in [0.2, 0.25) is 0 Å². The molecule has 0 bridgehead atoms. The van der Waals surface area contributed by atoms with Crippen molar-refractivity contribution in [2.45, 2.75) is 19.1 Å². The highest BCUT2D eigenvalue weighted by molar-refractivity contribution is 9.10. The Labute approximate surface area is 228 Å². The number of anilines is 2. The average Bonchev–Trinajstić information content (AvgIpc) is 3.38. The van der Waals surface area contributed by atoms with Crippen LogP contribution in [0.2, 0.25) is 0 Å². The Morgan fingerprint density at radius 1 is 0.974 bits per heavy atom. The third kappa shape index (κ3) is 6.99. The maximum Gasteiger partial charge on any atom is 0.416 e. The van der Waals surface area contributed by atoms with Gasteiger partial charge >= 0.3 is 12.1 Å². The molecule has 4 aromatic rings. The zero-order chi connectivity index (χ0) is 27.3. The minimum Gasteiger partial charge on any atom is -0.481 e. The number of carbonyl (C=O) groups excluding carboxylic acids is 1. The van der Waals surface area contributed by atoms with Crippen molar-refractivity contribution >= 4 is 50.0 Å². The molecule has 0 unspecified atom stereocenters. The number of aromatic nitrogens is 1.